The quantitative estimate of drug-likeness (QED) is 0.0268. The summed E-state index contributed by atoms with van der Waals surface area (Å²) in [4.78, 5) is 43.1. The van der Waals surface area contributed by atoms with Crippen molar-refractivity contribution in [3.8, 4) is 0 Å². The van der Waals surface area contributed by atoms with Crippen LogP contribution in [-0.4, -0.2) is 41.0 Å². The molecule has 0 aliphatic carbocycles. The van der Waals surface area contributed by atoms with Gasteiger partial charge in [-0.15, -0.1) is 0 Å². The molecule has 1 atom stereocenters. The molecule has 0 aromatic rings. The van der Waals surface area contributed by atoms with Gasteiger partial charge in [0.1, 0.15) is 6.61 Å². The van der Waals surface area contributed by atoms with Crippen LogP contribution in [0.1, 0.15) is 284 Å². The van der Waals surface area contributed by atoms with Gasteiger partial charge in [0.25, 0.3) is 0 Å². The van der Waals surface area contributed by atoms with Crippen molar-refractivity contribution in [2.75, 3.05) is 13.2 Å². The van der Waals surface area contributed by atoms with E-state index in [4.69, 9.17) is 19.3 Å². The van der Waals surface area contributed by atoms with Crippen molar-refractivity contribution >= 4 is 19.8 Å². The molecule has 0 fully saturated rings. The van der Waals surface area contributed by atoms with E-state index in [0.29, 0.717) is 12.8 Å². The lowest BCUT2D eigenvalue weighted by molar-refractivity contribution is -0.161. The van der Waals surface area contributed by atoms with Crippen LogP contribution in [0.4, 0.5) is 0 Å². The van der Waals surface area contributed by atoms with E-state index in [0.717, 1.165) is 44.9 Å². The van der Waals surface area contributed by atoms with E-state index in [1.54, 1.807) is 0 Å². The van der Waals surface area contributed by atoms with Crippen molar-refractivity contribution in [3.05, 3.63) is 24.3 Å². The third-order valence-electron chi connectivity index (χ3n) is 12.0. The average Bonchev–Trinajstić information content (AvgIpc) is 3.25. The molecular formula is C53H101O8P. The Hall–Kier alpha value is -1.47. The van der Waals surface area contributed by atoms with Crippen molar-refractivity contribution in [2.45, 2.75) is 290 Å². The molecule has 0 spiro atoms. The number of carbonyl (C=O) groups excluding carboxylic acids is 2. The van der Waals surface area contributed by atoms with E-state index >= 15 is 0 Å². The lowest BCUT2D eigenvalue weighted by Gasteiger charge is -2.18. The van der Waals surface area contributed by atoms with E-state index in [1.165, 1.54) is 199 Å². The van der Waals surface area contributed by atoms with Crippen LogP contribution in [0.2, 0.25) is 0 Å². The van der Waals surface area contributed by atoms with E-state index in [9.17, 15) is 14.2 Å². The molecule has 0 aromatic carbocycles. The summed E-state index contributed by atoms with van der Waals surface area (Å²) >= 11 is 0. The van der Waals surface area contributed by atoms with Crippen LogP contribution in [0.15, 0.2) is 24.3 Å². The fraction of sp³-hybridized carbons (Fsp3) is 0.887. The van der Waals surface area contributed by atoms with Gasteiger partial charge in [-0.25, -0.2) is 4.57 Å². The predicted molar refractivity (Wildman–Crippen MR) is 262 cm³/mol. The first-order valence-electron chi connectivity index (χ1n) is 26.6. The average molecular weight is 897 g/mol. The minimum absolute atomic E-state index is 0.209. The lowest BCUT2D eigenvalue weighted by atomic mass is 10.0. The number of phosphoric acid groups is 1. The largest absolute Gasteiger partial charge is 0.469 e. The summed E-state index contributed by atoms with van der Waals surface area (Å²) in [6, 6.07) is 0. The molecule has 0 aliphatic rings. The van der Waals surface area contributed by atoms with Crippen molar-refractivity contribution in [1.29, 1.82) is 0 Å². The first-order chi connectivity index (χ1) is 30.3. The molecule has 0 rings (SSSR count). The molecular weight excluding hydrogens is 796 g/mol. The van der Waals surface area contributed by atoms with E-state index in [-0.39, 0.29) is 19.4 Å². The molecule has 0 saturated heterocycles. The SMILES string of the molecule is CCCCCCCCCCCCCCCC/C=C/CC/C=C/CCCC(=O)OC[C@H](COP(=O)(O)O)OC(=O)CCCCCCCCCCCCCCCCCCCCCCC. The maximum Gasteiger partial charge on any atom is 0.469 e. The smallest absolute Gasteiger partial charge is 0.462 e. The van der Waals surface area contributed by atoms with Gasteiger partial charge >= 0.3 is 19.8 Å². The summed E-state index contributed by atoms with van der Waals surface area (Å²) in [6.07, 6.45) is 59.3. The normalized spacial score (nSPS) is 12.5. The van der Waals surface area contributed by atoms with Crippen LogP contribution < -0.4 is 0 Å². The van der Waals surface area contributed by atoms with Crippen LogP contribution in [-0.2, 0) is 28.2 Å². The maximum atomic E-state index is 12.5. The number of phosphoric ester groups is 1. The summed E-state index contributed by atoms with van der Waals surface area (Å²) in [5.41, 5.74) is 0. The van der Waals surface area contributed by atoms with E-state index in [1.807, 2.05) is 0 Å². The molecule has 0 aromatic heterocycles. The Morgan fingerprint density at radius 3 is 1.08 bits per heavy atom. The fourth-order valence-corrected chi connectivity index (χ4v) is 8.35. The molecule has 9 heteroatoms. The highest BCUT2D eigenvalue weighted by molar-refractivity contribution is 7.46. The second-order valence-corrected chi connectivity index (χ2v) is 19.4. The van der Waals surface area contributed by atoms with Crippen molar-refractivity contribution in [2.24, 2.45) is 0 Å². The second kappa shape index (κ2) is 49.0. The number of carbonyl (C=O) groups is 2. The first-order valence-corrected chi connectivity index (χ1v) is 28.2. The maximum absolute atomic E-state index is 12.5. The number of unbranched alkanes of at least 4 members (excludes halogenated alkanes) is 36. The van der Waals surface area contributed by atoms with Crippen LogP contribution in [0, 0.1) is 0 Å². The molecule has 0 amide bonds. The Morgan fingerprint density at radius 1 is 0.403 bits per heavy atom. The monoisotopic (exact) mass is 897 g/mol. The lowest BCUT2D eigenvalue weighted by Crippen LogP contribution is -2.29. The van der Waals surface area contributed by atoms with Crippen molar-refractivity contribution in [1.82, 2.24) is 0 Å². The van der Waals surface area contributed by atoms with Crippen LogP contribution >= 0.6 is 7.82 Å². The minimum atomic E-state index is -4.77. The zero-order valence-electron chi connectivity index (χ0n) is 40.8. The van der Waals surface area contributed by atoms with Gasteiger partial charge in [0.05, 0.1) is 6.61 Å². The van der Waals surface area contributed by atoms with Crippen molar-refractivity contribution < 1.29 is 37.9 Å². The van der Waals surface area contributed by atoms with Crippen LogP contribution in [0.5, 0.6) is 0 Å². The Kier molecular flexibility index (Phi) is 47.8. The number of allylic oxidation sites excluding steroid dienone is 4. The second-order valence-electron chi connectivity index (χ2n) is 18.2. The van der Waals surface area contributed by atoms with E-state index in [2.05, 4.69) is 42.7 Å². The van der Waals surface area contributed by atoms with Gasteiger partial charge in [-0.2, -0.15) is 0 Å². The molecule has 0 saturated carbocycles. The summed E-state index contributed by atoms with van der Waals surface area (Å²) in [5, 5.41) is 0. The predicted octanol–water partition coefficient (Wildman–Crippen LogP) is 17.1. The third kappa shape index (κ3) is 51.2. The van der Waals surface area contributed by atoms with Crippen LogP contribution in [0.25, 0.3) is 0 Å². The number of hydrogen-bond acceptors (Lipinski definition) is 6. The van der Waals surface area contributed by atoms with Crippen molar-refractivity contribution in [3.63, 3.8) is 0 Å². The number of rotatable bonds is 50. The van der Waals surface area contributed by atoms with Gasteiger partial charge in [-0.05, 0) is 44.9 Å². The molecule has 8 nitrogen and oxygen atoms in total. The highest BCUT2D eigenvalue weighted by atomic mass is 31.2. The van der Waals surface area contributed by atoms with Crippen LogP contribution in [0.3, 0.4) is 0 Å². The summed E-state index contributed by atoms with van der Waals surface area (Å²) < 4.78 is 26.5. The zero-order valence-corrected chi connectivity index (χ0v) is 41.7. The number of hydrogen-bond donors (Lipinski definition) is 2. The van der Waals surface area contributed by atoms with Gasteiger partial charge < -0.3 is 19.3 Å². The Bertz CT molecular complexity index is 1060. The molecule has 0 unspecified atom stereocenters. The number of esters is 2. The summed E-state index contributed by atoms with van der Waals surface area (Å²) in [6.45, 7) is 3.71. The number of ether oxygens (including phenoxy) is 2. The van der Waals surface area contributed by atoms with Gasteiger partial charge in [0.15, 0.2) is 6.10 Å². The molecule has 0 heterocycles. The van der Waals surface area contributed by atoms with Gasteiger partial charge in [0, 0.05) is 12.8 Å². The zero-order chi connectivity index (χ0) is 45.3. The van der Waals surface area contributed by atoms with Gasteiger partial charge in [-0.3, -0.25) is 14.1 Å². The molecule has 0 bridgehead atoms. The molecule has 366 valence electrons. The Balaban J connectivity index is 3.82. The molecule has 62 heavy (non-hydrogen) atoms. The fourth-order valence-electron chi connectivity index (χ4n) is 7.99. The molecule has 0 radical (unpaired) electrons. The topological polar surface area (TPSA) is 119 Å². The summed E-state index contributed by atoms with van der Waals surface area (Å²) in [5.74, 6) is -0.917. The summed E-state index contributed by atoms with van der Waals surface area (Å²) in [7, 11) is -4.77. The third-order valence-corrected chi connectivity index (χ3v) is 12.4. The Morgan fingerprint density at radius 2 is 0.710 bits per heavy atom. The van der Waals surface area contributed by atoms with Gasteiger partial charge in [-0.1, -0.05) is 250 Å². The molecule has 0 aliphatic heterocycles. The minimum Gasteiger partial charge on any atom is -0.462 e. The highest BCUT2D eigenvalue weighted by Crippen LogP contribution is 2.36. The van der Waals surface area contributed by atoms with E-state index < -0.39 is 32.5 Å². The van der Waals surface area contributed by atoms with Gasteiger partial charge in [0.2, 0.25) is 0 Å². The standard InChI is InChI=1S/C53H101O8P/c1-3-5-7-9-11-13-15-17-19-21-23-25-26-28-29-31-33-35-37-39-41-43-45-47-52(54)59-49-51(50-60-62(56,57)58)61-53(55)48-46-44-42-40-38-36-34-32-30-27-24-22-20-18-16-14-12-10-8-6-4-2/h31,33,39,41,51H,3-30,32,34-38,40,42-50H2,1-2H3,(H2,56,57,58)/b33-31+,41-39+/t51-/m1/s1. The Labute approximate surface area is 383 Å². The highest BCUT2D eigenvalue weighted by Gasteiger charge is 2.23. The molecule has 2 N–H and O–H groups in total. The first kappa shape index (κ1) is 60.5.